The summed E-state index contributed by atoms with van der Waals surface area (Å²) in [6.45, 7) is 5.05. The van der Waals surface area contributed by atoms with Gasteiger partial charge >= 0.3 is 5.97 Å². The van der Waals surface area contributed by atoms with Crippen molar-refractivity contribution in [1.82, 2.24) is 4.57 Å². The van der Waals surface area contributed by atoms with Gasteiger partial charge in [0.2, 0.25) is 5.78 Å². The minimum absolute atomic E-state index is 0.180. The molecule has 0 radical (unpaired) electrons. The third-order valence-corrected chi connectivity index (χ3v) is 7.27. The molecule has 1 saturated heterocycles. The van der Waals surface area contributed by atoms with Gasteiger partial charge in [0.25, 0.3) is 0 Å². The largest absolute Gasteiger partial charge is 0.453 e. The van der Waals surface area contributed by atoms with Crippen molar-refractivity contribution >= 4 is 56.4 Å². The van der Waals surface area contributed by atoms with Gasteiger partial charge < -0.3 is 14.0 Å². The zero-order valence-electron chi connectivity index (χ0n) is 16.7. The molecule has 0 N–H and O–H groups in total. The molecule has 5 nitrogen and oxygen atoms in total. The van der Waals surface area contributed by atoms with E-state index in [0.29, 0.717) is 15.6 Å². The standard InChI is InChI=1S/C22H21Cl2NO4S/c1-12-8-17(13(2)25(12)10-15-4-3-7-28-15)18(26)11-29-22(27)21-20(24)16-6-5-14(23)9-19(16)30-21/h5-6,8-9,15H,3-4,7,10-11H2,1-2H3/t15-/m0/s1. The normalized spacial score (nSPS) is 16.3. The van der Waals surface area contributed by atoms with Gasteiger partial charge in [-0.25, -0.2) is 4.79 Å². The summed E-state index contributed by atoms with van der Waals surface area (Å²) in [5.74, 6) is -0.853. The molecule has 1 aliphatic heterocycles. The number of rotatable bonds is 6. The number of benzene rings is 1. The Hall–Kier alpha value is -1.86. The molecule has 8 heteroatoms. The Morgan fingerprint density at radius 2 is 2.07 bits per heavy atom. The van der Waals surface area contributed by atoms with Gasteiger partial charge in [0.05, 0.1) is 11.1 Å². The lowest BCUT2D eigenvalue weighted by molar-refractivity contribution is 0.0479. The number of fused-ring (bicyclic) bond motifs is 1. The molecular weight excluding hydrogens is 445 g/mol. The predicted octanol–water partition coefficient (Wildman–Crippen LogP) is 5.85. The van der Waals surface area contributed by atoms with E-state index < -0.39 is 5.97 Å². The third-order valence-electron chi connectivity index (χ3n) is 5.40. The van der Waals surface area contributed by atoms with Crippen LogP contribution in [0.15, 0.2) is 24.3 Å². The average Bonchev–Trinajstić information content (AvgIpc) is 3.41. The Kier molecular flexibility index (Phi) is 6.21. The lowest BCUT2D eigenvalue weighted by atomic mass is 10.1. The Labute approximate surface area is 188 Å². The van der Waals surface area contributed by atoms with Crippen molar-refractivity contribution in [3.63, 3.8) is 0 Å². The van der Waals surface area contributed by atoms with Crippen LogP contribution in [0.4, 0.5) is 0 Å². The van der Waals surface area contributed by atoms with Gasteiger partial charge in [-0.05, 0) is 44.9 Å². The monoisotopic (exact) mass is 465 g/mol. The maximum absolute atomic E-state index is 12.7. The number of carbonyl (C=O) groups is 2. The smallest absolute Gasteiger partial charge is 0.350 e. The molecule has 0 amide bonds. The number of aryl methyl sites for hydroxylation is 1. The van der Waals surface area contributed by atoms with Crippen molar-refractivity contribution in [2.75, 3.05) is 13.2 Å². The molecule has 0 spiro atoms. The summed E-state index contributed by atoms with van der Waals surface area (Å²) in [5, 5.41) is 1.62. The van der Waals surface area contributed by atoms with Gasteiger partial charge in [-0.1, -0.05) is 29.3 Å². The predicted molar refractivity (Wildman–Crippen MR) is 119 cm³/mol. The molecule has 1 atom stereocenters. The molecule has 30 heavy (non-hydrogen) atoms. The van der Waals surface area contributed by atoms with E-state index in [1.807, 2.05) is 19.9 Å². The van der Waals surface area contributed by atoms with E-state index in [9.17, 15) is 9.59 Å². The molecule has 1 aromatic carbocycles. The number of aromatic nitrogens is 1. The van der Waals surface area contributed by atoms with Gasteiger partial charge in [-0.2, -0.15) is 0 Å². The van der Waals surface area contributed by atoms with E-state index in [-0.39, 0.29) is 23.4 Å². The second-order valence-corrected chi connectivity index (χ2v) is 9.28. The highest BCUT2D eigenvalue weighted by Gasteiger charge is 2.23. The van der Waals surface area contributed by atoms with Crippen LogP contribution in [0.25, 0.3) is 10.1 Å². The molecule has 0 aliphatic carbocycles. The fourth-order valence-corrected chi connectivity index (χ4v) is 5.48. The second-order valence-electron chi connectivity index (χ2n) is 7.42. The lowest BCUT2D eigenvalue weighted by Crippen LogP contribution is -2.18. The summed E-state index contributed by atoms with van der Waals surface area (Å²) in [4.78, 5) is 25.5. The molecule has 3 heterocycles. The van der Waals surface area contributed by atoms with Crippen molar-refractivity contribution in [3.05, 3.63) is 56.1 Å². The SMILES string of the molecule is Cc1cc(C(=O)COC(=O)c2sc3cc(Cl)ccc3c2Cl)c(C)n1C[C@@H]1CCCO1. The summed E-state index contributed by atoms with van der Waals surface area (Å²) in [5.41, 5.74) is 2.41. The molecule has 0 bridgehead atoms. The number of carbonyl (C=O) groups excluding carboxylic acids is 2. The highest BCUT2D eigenvalue weighted by Crippen LogP contribution is 2.37. The second kappa shape index (κ2) is 8.71. The highest BCUT2D eigenvalue weighted by molar-refractivity contribution is 7.21. The van der Waals surface area contributed by atoms with Crippen molar-refractivity contribution < 1.29 is 19.1 Å². The van der Waals surface area contributed by atoms with Crippen LogP contribution in [0.1, 0.15) is 44.3 Å². The Bertz CT molecular complexity index is 1130. The fraction of sp³-hybridized carbons (Fsp3) is 0.364. The van der Waals surface area contributed by atoms with Crippen LogP contribution in [0, 0.1) is 13.8 Å². The molecule has 4 rings (SSSR count). The van der Waals surface area contributed by atoms with Gasteiger partial charge in [-0.3, -0.25) is 4.79 Å². The fourth-order valence-electron chi connectivity index (χ4n) is 3.80. The zero-order chi connectivity index (χ0) is 21.4. The van der Waals surface area contributed by atoms with E-state index in [4.69, 9.17) is 32.7 Å². The first-order chi connectivity index (χ1) is 14.3. The van der Waals surface area contributed by atoms with Crippen LogP contribution in [0.3, 0.4) is 0 Å². The van der Waals surface area contributed by atoms with E-state index in [1.54, 1.807) is 18.2 Å². The highest BCUT2D eigenvalue weighted by atomic mass is 35.5. The van der Waals surface area contributed by atoms with Gasteiger partial charge in [0.1, 0.15) is 4.88 Å². The van der Waals surface area contributed by atoms with Crippen molar-refractivity contribution in [1.29, 1.82) is 0 Å². The molecule has 0 saturated carbocycles. The number of hydrogen-bond donors (Lipinski definition) is 0. The van der Waals surface area contributed by atoms with Crippen LogP contribution >= 0.6 is 34.5 Å². The van der Waals surface area contributed by atoms with Crippen LogP contribution < -0.4 is 0 Å². The van der Waals surface area contributed by atoms with Crippen LogP contribution in [0.2, 0.25) is 10.0 Å². The van der Waals surface area contributed by atoms with Crippen LogP contribution in [-0.2, 0) is 16.0 Å². The summed E-state index contributed by atoms with van der Waals surface area (Å²) >= 11 is 13.5. The maximum Gasteiger partial charge on any atom is 0.350 e. The van der Waals surface area contributed by atoms with E-state index in [0.717, 1.165) is 47.5 Å². The minimum Gasteiger partial charge on any atom is -0.453 e. The molecular formula is C22H21Cl2NO4S. The van der Waals surface area contributed by atoms with Gasteiger partial charge in [0, 0.05) is 45.2 Å². The Morgan fingerprint density at radius 1 is 1.27 bits per heavy atom. The van der Waals surface area contributed by atoms with E-state index in [2.05, 4.69) is 4.57 Å². The molecule has 158 valence electrons. The third kappa shape index (κ3) is 4.14. The Morgan fingerprint density at radius 3 is 2.80 bits per heavy atom. The maximum atomic E-state index is 12.7. The van der Waals surface area contributed by atoms with Gasteiger partial charge in [-0.15, -0.1) is 11.3 Å². The number of nitrogens with zero attached hydrogens (tertiary/aromatic N) is 1. The van der Waals surface area contributed by atoms with Crippen molar-refractivity contribution in [2.24, 2.45) is 0 Å². The van der Waals surface area contributed by atoms with Gasteiger partial charge in [0.15, 0.2) is 6.61 Å². The number of Topliss-reactive ketones (excluding diaryl/α,β-unsaturated/α-hetero) is 1. The van der Waals surface area contributed by atoms with Crippen LogP contribution in [-0.4, -0.2) is 35.6 Å². The number of thiophene rings is 1. The van der Waals surface area contributed by atoms with Crippen LogP contribution in [0.5, 0.6) is 0 Å². The van der Waals surface area contributed by atoms with E-state index >= 15 is 0 Å². The van der Waals surface area contributed by atoms with Crippen molar-refractivity contribution in [2.45, 2.75) is 39.3 Å². The number of ether oxygens (including phenoxy) is 2. The minimum atomic E-state index is -0.612. The topological polar surface area (TPSA) is 57.5 Å². The average molecular weight is 466 g/mol. The van der Waals surface area contributed by atoms with E-state index in [1.165, 1.54) is 11.3 Å². The summed E-state index contributed by atoms with van der Waals surface area (Å²) in [6.07, 6.45) is 2.27. The Balaban J connectivity index is 1.46. The first kappa shape index (κ1) is 21.4. The quantitative estimate of drug-likeness (QED) is 0.338. The number of halogens is 2. The summed E-state index contributed by atoms with van der Waals surface area (Å²) in [7, 11) is 0. The molecule has 2 aromatic heterocycles. The number of ketones is 1. The molecule has 1 fully saturated rings. The molecule has 3 aromatic rings. The molecule has 0 unspecified atom stereocenters. The number of hydrogen-bond acceptors (Lipinski definition) is 5. The lowest BCUT2D eigenvalue weighted by Gasteiger charge is -2.14. The first-order valence-corrected chi connectivity index (χ1v) is 11.3. The first-order valence-electron chi connectivity index (χ1n) is 9.71. The zero-order valence-corrected chi connectivity index (χ0v) is 19.0. The summed E-state index contributed by atoms with van der Waals surface area (Å²) < 4.78 is 13.9. The van der Waals surface area contributed by atoms with Crippen molar-refractivity contribution in [3.8, 4) is 0 Å². The summed E-state index contributed by atoms with van der Waals surface area (Å²) in [6, 6.07) is 7.07. The number of esters is 1. The molecule has 1 aliphatic rings.